The van der Waals surface area contributed by atoms with Gasteiger partial charge in [-0.2, -0.15) is 0 Å². The molecule has 0 saturated heterocycles. The standard InChI is InChI=1S/C38H66Cl2O4/c1-3-5-7-14-21-27-35-33(25-19-6-4-2)29-30-34(26-20-15-10-8-12-17-23-31-43-37(39)41)36(35)28-22-16-11-9-13-18-24-32-44-38(40)42/h1-2,33-36H,3-32H2. The second-order valence-corrected chi connectivity index (χ2v) is 14.0. The predicted octanol–water partition coefficient (Wildman–Crippen LogP) is 13.6. The molecule has 44 heavy (non-hydrogen) atoms. The number of hydrogen-bond donors (Lipinski definition) is 0. The molecule has 4 radical (unpaired) electrons. The molecule has 1 rings (SSSR count). The summed E-state index contributed by atoms with van der Waals surface area (Å²) in [4.78, 5) is 21.4. The minimum Gasteiger partial charge on any atom is -0.454 e. The second-order valence-electron chi connectivity index (χ2n) is 13.4. The Bertz CT molecular complexity index is 673. The number of ether oxygens (including phenoxy) is 2. The maximum atomic E-state index is 10.7. The molecule has 6 heteroatoms. The largest absolute Gasteiger partial charge is 0.454 e. The fourth-order valence-electron chi connectivity index (χ4n) is 7.66. The summed E-state index contributed by atoms with van der Waals surface area (Å²) in [6.45, 7) is 12.5. The number of carbonyl (C=O) groups excluding carboxylic acids is 2. The third kappa shape index (κ3) is 22.9. The molecule has 1 aliphatic carbocycles. The average molecular weight is 658 g/mol. The Labute approximate surface area is 282 Å². The first kappa shape index (κ1) is 41.5. The highest BCUT2D eigenvalue weighted by Gasteiger charge is 2.37. The van der Waals surface area contributed by atoms with Crippen LogP contribution in [0.3, 0.4) is 0 Å². The van der Waals surface area contributed by atoms with Crippen molar-refractivity contribution in [1.82, 2.24) is 0 Å². The van der Waals surface area contributed by atoms with Crippen LogP contribution in [-0.2, 0) is 9.47 Å². The highest BCUT2D eigenvalue weighted by molar-refractivity contribution is 6.61. The van der Waals surface area contributed by atoms with Gasteiger partial charge in [0, 0.05) is 23.2 Å². The van der Waals surface area contributed by atoms with Crippen LogP contribution in [0.1, 0.15) is 180 Å². The zero-order valence-electron chi connectivity index (χ0n) is 28.1. The van der Waals surface area contributed by atoms with Crippen LogP contribution in [0.5, 0.6) is 0 Å². The highest BCUT2D eigenvalue weighted by Crippen LogP contribution is 2.47. The molecule has 0 aromatic carbocycles. The molecule has 0 N–H and O–H groups in total. The molecular weight excluding hydrogens is 591 g/mol. The first-order chi connectivity index (χ1) is 21.5. The number of rotatable bonds is 30. The molecule has 4 nitrogen and oxygen atoms in total. The molecule has 1 aliphatic rings. The van der Waals surface area contributed by atoms with Crippen LogP contribution >= 0.6 is 23.2 Å². The fraction of sp³-hybridized carbons (Fsp3) is 0.895. The average Bonchev–Trinajstić information content (AvgIpc) is 3.00. The Balaban J connectivity index is 2.57. The van der Waals surface area contributed by atoms with Crippen molar-refractivity contribution in [2.75, 3.05) is 13.2 Å². The lowest BCUT2D eigenvalue weighted by molar-refractivity contribution is 0.0582. The van der Waals surface area contributed by atoms with Gasteiger partial charge < -0.3 is 9.47 Å². The molecule has 4 atom stereocenters. The monoisotopic (exact) mass is 656 g/mol. The van der Waals surface area contributed by atoms with Crippen molar-refractivity contribution in [2.24, 2.45) is 23.7 Å². The predicted molar refractivity (Wildman–Crippen MR) is 186 cm³/mol. The van der Waals surface area contributed by atoms with Crippen LogP contribution in [0.15, 0.2) is 0 Å². The van der Waals surface area contributed by atoms with Crippen molar-refractivity contribution in [3.8, 4) is 0 Å². The molecule has 0 heterocycles. The molecule has 0 spiro atoms. The van der Waals surface area contributed by atoms with Crippen LogP contribution in [-0.4, -0.2) is 24.1 Å². The van der Waals surface area contributed by atoms with Gasteiger partial charge in [0.05, 0.1) is 13.2 Å². The Morgan fingerprint density at radius 3 is 1.14 bits per heavy atom. The third-order valence-electron chi connectivity index (χ3n) is 10.0. The second kappa shape index (κ2) is 29.9. The van der Waals surface area contributed by atoms with Crippen molar-refractivity contribution in [1.29, 1.82) is 0 Å². The molecule has 1 saturated carbocycles. The van der Waals surface area contributed by atoms with E-state index in [-0.39, 0.29) is 0 Å². The minimum absolute atomic E-state index is 0.444. The van der Waals surface area contributed by atoms with Gasteiger partial charge in [0.25, 0.3) is 0 Å². The van der Waals surface area contributed by atoms with Gasteiger partial charge in [0.15, 0.2) is 0 Å². The van der Waals surface area contributed by atoms with E-state index in [1.165, 1.54) is 135 Å². The maximum Gasteiger partial charge on any atom is 0.403 e. The van der Waals surface area contributed by atoms with E-state index >= 15 is 0 Å². The van der Waals surface area contributed by atoms with E-state index in [4.69, 9.17) is 46.5 Å². The molecular formula is C38H66Cl2O4. The first-order valence-corrected chi connectivity index (χ1v) is 19.3. The van der Waals surface area contributed by atoms with Gasteiger partial charge in [0.2, 0.25) is 0 Å². The van der Waals surface area contributed by atoms with Gasteiger partial charge in [-0.15, -0.1) is 0 Å². The molecule has 0 aliphatic heterocycles. The van der Waals surface area contributed by atoms with E-state index in [2.05, 4.69) is 0 Å². The molecule has 0 aromatic rings. The maximum absolute atomic E-state index is 10.7. The molecule has 4 unspecified atom stereocenters. The highest BCUT2D eigenvalue weighted by atomic mass is 35.5. The quantitative estimate of drug-likeness (QED) is 0.0570. The van der Waals surface area contributed by atoms with Crippen molar-refractivity contribution in [3.63, 3.8) is 0 Å². The smallest absolute Gasteiger partial charge is 0.403 e. The van der Waals surface area contributed by atoms with Crippen LogP contribution in [0, 0.1) is 37.5 Å². The van der Waals surface area contributed by atoms with Crippen LogP contribution < -0.4 is 0 Å². The van der Waals surface area contributed by atoms with Crippen molar-refractivity contribution in [3.05, 3.63) is 13.8 Å². The zero-order valence-corrected chi connectivity index (χ0v) is 29.6. The number of halogens is 2. The summed E-state index contributed by atoms with van der Waals surface area (Å²) in [5, 5.41) is 0. The van der Waals surface area contributed by atoms with Gasteiger partial charge in [-0.25, -0.2) is 9.59 Å². The first-order valence-electron chi connectivity index (χ1n) is 18.5. The van der Waals surface area contributed by atoms with Gasteiger partial charge in [0.1, 0.15) is 0 Å². The Morgan fingerprint density at radius 2 is 0.750 bits per heavy atom. The van der Waals surface area contributed by atoms with E-state index in [0.717, 1.165) is 68.6 Å². The molecule has 0 bridgehead atoms. The number of unbranched alkanes of at least 4 members (excludes halogenated alkanes) is 18. The van der Waals surface area contributed by atoms with Gasteiger partial charge in [-0.3, -0.25) is 0 Å². The zero-order chi connectivity index (χ0) is 32.1. The van der Waals surface area contributed by atoms with E-state index in [0.29, 0.717) is 13.2 Å². The third-order valence-corrected chi connectivity index (χ3v) is 10.2. The number of hydrogen-bond acceptors (Lipinski definition) is 4. The van der Waals surface area contributed by atoms with Gasteiger partial charge >= 0.3 is 10.9 Å². The van der Waals surface area contributed by atoms with Crippen molar-refractivity contribution in [2.45, 2.75) is 180 Å². The Kier molecular flexibility index (Phi) is 28.2. The van der Waals surface area contributed by atoms with Crippen LogP contribution in [0.25, 0.3) is 0 Å². The summed E-state index contributed by atoms with van der Waals surface area (Å²) in [5.74, 6) is 3.55. The normalized spacial score (nSPS) is 20.1. The molecule has 256 valence electrons. The number of carbonyl (C=O) groups is 2. The summed E-state index contributed by atoms with van der Waals surface area (Å²) in [5.41, 5.74) is -1.38. The lowest BCUT2D eigenvalue weighted by Gasteiger charge is -2.44. The fourth-order valence-corrected chi connectivity index (χ4v) is 7.82. The lowest BCUT2D eigenvalue weighted by Crippen LogP contribution is -2.35. The topological polar surface area (TPSA) is 52.6 Å². The van der Waals surface area contributed by atoms with Crippen LogP contribution in [0.4, 0.5) is 9.59 Å². The molecule has 1 fully saturated rings. The Hall–Kier alpha value is -0.480. The van der Waals surface area contributed by atoms with Gasteiger partial charge in [-0.1, -0.05) is 128 Å². The van der Waals surface area contributed by atoms with Crippen LogP contribution in [0.2, 0.25) is 0 Å². The SMILES string of the molecule is [CH]CCCCCCC1C(CCCC[CH])CCC(CCCCCCCCCOC(=O)Cl)C1CCCCCCCCCOC(=O)Cl. The van der Waals surface area contributed by atoms with Crippen molar-refractivity contribution < 1.29 is 19.1 Å². The van der Waals surface area contributed by atoms with E-state index < -0.39 is 10.9 Å². The Morgan fingerprint density at radius 1 is 0.455 bits per heavy atom. The van der Waals surface area contributed by atoms with E-state index in [9.17, 15) is 9.59 Å². The summed E-state index contributed by atoms with van der Waals surface area (Å²) in [6, 6.07) is 0. The summed E-state index contributed by atoms with van der Waals surface area (Å²) < 4.78 is 9.65. The molecule has 0 amide bonds. The summed E-state index contributed by atoms with van der Waals surface area (Å²) >= 11 is 10.5. The summed E-state index contributed by atoms with van der Waals surface area (Å²) in [6.07, 6.45) is 34.7. The lowest BCUT2D eigenvalue weighted by atomic mass is 9.61. The van der Waals surface area contributed by atoms with Gasteiger partial charge in [-0.05, 0) is 88.9 Å². The summed E-state index contributed by atoms with van der Waals surface area (Å²) in [7, 11) is 0. The van der Waals surface area contributed by atoms with E-state index in [1.54, 1.807) is 0 Å². The minimum atomic E-state index is -0.692. The molecule has 0 aromatic heterocycles. The van der Waals surface area contributed by atoms with Crippen molar-refractivity contribution >= 4 is 34.1 Å². The van der Waals surface area contributed by atoms with E-state index in [1.807, 2.05) is 0 Å².